The number of aromatic amines is 1. The van der Waals surface area contributed by atoms with Gasteiger partial charge in [0, 0.05) is 12.1 Å². The van der Waals surface area contributed by atoms with Crippen LogP contribution < -0.4 is 0 Å². The van der Waals surface area contributed by atoms with Crippen LogP contribution in [0.5, 0.6) is 0 Å². The van der Waals surface area contributed by atoms with Gasteiger partial charge in [-0.1, -0.05) is 23.4 Å². The highest BCUT2D eigenvalue weighted by Gasteiger charge is 2.34. The molecule has 0 spiro atoms. The third-order valence-corrected chi connectivity index (χ3v) is 5.28. The summed E-state index contributed by atoms with van der Waals surface area (Å²) >= 11 is 0. The molecule has 0 saturated carbocycles. The Morgan fingerprint density at radius 2 is 2.19 bits per heavy atom. The second-order valence-electron chi connectivity index (χ2n) is 6.93. The molecular formula is C20H21FN4O2. The summed E-state index contributed by atoms with van der Waals surface area (Å²) in [6.07, 6.45) is 3.47. The SMILES string of the molecule is Cc1noc(-c2cn[nH]c2[C@@H]2CCCN2C(=O)Cc2ccccc2F)c1C. The van der Waals surface area contributed by atoms with Gasteiger partial charge in [-0.25, -0.2) is 4.39 Å². The molecule has 0 aliphatic carbocycles. The molecule has 1 amide bonds. The van der Waals surface area contributed by atoms with E-state index in [1.54, 1.807) is 24.4 Å². The Labute approximate surface area is 156 Å². The Balaban J connectivity index is 1.61. The van der Waals surface area contributed by atoms with E-state index in [4.69, 9.17) is 4.52 Å². The summed E-state index contributed by atoms with van der Waals surface area (Å²) in [6.45, 7) is 4.49. The molecule has 1 fully saturated rings. The second-order valence-corrected chi connectivity index (χ2v) is 6.93. The third-order valence-electron chi connectivity index (χ3n) is 5.28. The molecule has 6 nitrogen and oxygen atoms in total. The molecule has 4 rings (SSSR count). The van der Waals surface area contributed by atoms with E-state index < -0.39 is 0 Å². The minimum atomic E-state index is -0.350. The lowest BCUT2D eigenvalue weighted by molar-refractivity contribution is -0.131. The van der Waals surface area contributed by atoms with Crippen LogP contribution in [0, 0.1) is 19.7 Å². The fourth-order valence-electron chi connectivity index (χ4n) is 3.67. The van der Waals surface area contributed by atoms with E-state index in [9.17, 15) is 9.18 Å². The monoisotopic (exact) mass is 368 g/mol. The van der Waals surface area contributed by atoms with Crippen LogP contribution >= 0.6 is 0 Å². The van der Waals surface area contributed by atoms with Crippen LogP contribution in [0.2, 0.25) is 0 Å². The number of hydrogen-bond donors (Lipinski definition) is 1. The molecule has 7 heteroatoms. The van der Waals surface area contributed by atoms with Gasteiger partial charge in [-0.05, 0) is 38.3 Å². The van der Waals surface area contributed by atoms with Crippen LogP contribution in [0.3, 0.4) is 0 Å². The number of halogens is 1. The first-order valence-electron chi connectivity index (χ1n) is 9.05. The maximum Gasteiger partial charge on any atom is 0.227 e. The Morgan fingerprint density at radius 3 is 2.93 bits per heavy atom. The van der Waals surface area contributed by atoms with Gasteiger partial charge in [0.2, 0.25) is 5.91 Å². The van der Waals surface area contributed by atoms with Gasteiger partial charge in [-0.2, -0.15) is 5.10 Å². The number of likely N-dealkylation sites (tertiary alicyclic amines) is 1. The van der Waals surface area contributed by atoms with Gasteiger partial charge >= 0.3 is 0 Å². The van der Waals surface area contributed by atoms with Crippen molar-refractivity contribution in [2.75, 3.05) is 6.54 Å². The van der Waals surface area contributed by atoms with Crippen molar-refractivity contribution in [1.29, 1.82) is 0 Å². The van der Waals surface area contributed by atoms with Crippen LogP contribution in [-0.4, -0.2) is 32.7 Å². The van der Waals surface area contributed by atoms with Crippen molar-refractivity contribution in [2.45, 2.75) is 39.2 Å². The average molecular weight is 368 g/mol. The van der Waals surface area contributed by atoms with Crippen LogP contribution in [-0.2, 0) is 11.2 Å². The molecule has 1 N–H and O–H groups in total. The number of nitrogens with zero attached hydrogens (tertiary/aromatic N) is 3. The molecule has 0 unspecified atom stereocenters. The summed E-state index contributed by atoms with van der Waals surface area (Å²) in [5.74, 6) is 0.231. The summed E-state index contributed by atoms with van der Waals surface area (Å²) in [6, 6.07) is 6.27. The Kier molecular flexibility index (Phi) is 4.51. The second kappa shape index (κ2) is 6.98. The summed E-state index contributed by atoms with van der Waals surface area (Å²) in [7, 11) is 0. The lowest BCUT2D eigenvalue weighted by atomic mass is 10.0. The van der Waals surface area contributed by atoms with E-state index in [1.807, 2.05) is 18.7 Å². The number of carbonyl (C=O) groups excluding carboxylic acids is 1. The van der Waals surface area contributed by atoms with Crippen molar-refractivity contribution in [3.8, 4) is 11.3 Å². The highest BCUT2D eigenvalue weighted by molar-refractivity contribution is 5.80. The van der Waals surface area contributed by atoms with Crippen molar-refractivity contribution in [3.63, 3.8) is 0 Å². The number of benzene rings is 1. The van der Waals surface area contributed by atoms with Gasteiger partial charge in [0.25, 0.3) is 0 Å². The summed E-state index contributed by atoms with van der Waals surface area (Å²) < 4.78 is 19.4. The van der Waals surface area contributed by atoms with Gasteiger partial charge < -0.3 is 9.42 Å². The van der Waals surface area contributed by atoms with Crippen LogP contribution in [0.1, 0.15) is 41.4 Å². The van der Waals surface area contributed by atoms with Crippen molar-refractivity contribution in [3.05, 3.63) is 58.8 Å². The van der Waals surface area contributed by atoms with Crippen molar-refractivity contribution >= 4 is 5.91 Å². The highest BCUT2D eigenvalue weighted by Crippen LogP contribution is 2.38. The molecule has 1 aliphatic heterocycles. The van der Waals surface area contributed by atoms with Crippen LogP contribution in [0.15, 0.2) is 35.0 Å². The van der Waals surface area contributed by atoms with Gasteiger partial charge in [0.1, 0.15) is 5.82 Å². The summed E-state index contributed by atoms with van der Waals surface area (Å²) in [5, 5.41) is 11.2. The normalized spacial score (nSPS) is 16.9. The Morgan fingerprint density at radius 1 is 1.37 bits per heavy atom. The van der Waals surface area contributed by atoms with E-state index in [1.165, 1.54) is 6.07 Å². The molecule has 2 aromatic heterocycles. The predicted molar refractivity (Wildman–Crippen MR) is 97.4 cm³/mol. The minimum absolute atomic E-state index is 0.0487. The van der Waals surface area contributed by atoms with Crippen molar-refractivity contribution < 1.29 is 13.7 Å². The van der Waals surface area contributed by atoms with E-state index in [-0.39, 0.29) is 24.2 Å². The number of amides is 1. The van der Waals surface area contributed by atoms with Gasteiger partial charge in [-0.15, -0.1) is 0 Å². The average Bonchev–Trinajstić information content (AvgIpc) is 3.37. The van der Waals surface area contributed by atoms with Gasteiger partial charge in [0.15, 0.2) is 5.76 Å². The highest BCUT2D eigenvalue weighted by atomic mass is 19.1. The number of aryl methyl sites for hydroxylation is 1. The fraction of sp³-hybridized carbons (Fsp3) is 0.350. The molecule has 27 heavy (non-hydrogen) atoms. The third kappa shape index (κ3) is 3.13. The maximum absolute atomic E-state index is 13.9. The van der Waals surface area contributed by atoms with Crippen LogP contribution in [0.25, 0.3) is 11.3 Å². The zero-order valence-electron chi connectivity index (χ0n) is 15.3. The van der Waals surface area contributed by atoms with Crippen molar-refractivity contribution in [1.82, 2.24) is 20.3 Å². The largest absolute Gasteiger partial charge is 0.356 e. The Bertz CT molecular complexity index is 978. The molecule has 1 saturated heterocycles. The van der Waals surface area contributed by atoms with Crippen LogP contribution in [0.4, 0.5) is 4.39 Å². The zero-order valence-corrected chi connectivity index (χ0v) is 15.3. The van der Waals surface area contributed by atoms with E-state index in [2.05, 4.69) is 15.4 Å². The van der Waals surface area contributed by atoms with Crippen molar-refractivity contribution in [2.24, 2.45) is 0 Å². The molecule has 1 aromatic carbocycles. The lowest BCUT2D eigenvalue weighted by Crippen LogP contribution is -2.32. The first-order chi connectivity index (χ1) is 13.1. The number of carbonyl (C=O) groups is 1. The fourth-order valence-corrected chi connectivity index (χ4v) is 3.67. The van der Waals surface area contributed by atoms with E-state index in [0.29, 0.717) is 17.9 Å². The molecule has 140 valence electrons. The Hall–Kier alpha value is -2.96. The molecule has 1 atom stereocenters. The van der Waals surface area contributed by atoms with Gasteiger partial charge in [-0.3, -0.25) is 9.89 Å². The number of H-pyrrole nitrogens is 1. The number of hydrogen-bond acceptors (Lipinski definition) is 4. The van der Waals surface area contributed by atoms with E-state index >= 15 is 0 Å². The number of aromatic nitrogens is 3. The lowest BCUT2D eigenvalue weighted by Gasteiger charge is -2.24. The topological polar surface area (TPSA) is 75.0 Å². The number of nitrogens with one attached hydrogen (secondary N) is 1. The minimum Gasteiger partial charge on any atom is -0.356 e. The maximum atomic E-state index is 13.9. The number of rotatable bonds is 4. The molecular weight excluding hydrogens is 347 g/mol. The smallest absolute Gasteiger partial charge is 0.227 e. The van der Waals surface area contributed by atoms with Gasteiger partial charge in [0.05, 0.1) is 35.6 Å². The molecule has 0 radical (unpaired) electrons. The molecule has 0 bridgehead atoms. The first kappa shape index (κ1) is 17.5. The zero-order chi connectivity index (χ0) is 19.0. The van der Waals surface area contributed by atoms with E-state index in [0.717, 1.165) is 35.4 Å². The summed E-state index contributed by atoms with van der Waals surface area (Å²) in [4.78, 5) is 14.7. The quantitative estimate of drug-likeness (QED) is 0.761. The standard InChI is InChI=1S/C20H21FN4O2/c1-12-13(2)24-27-20(12)15-11-22-23-19(15)17-8-5-9-25(17)18(26)10-14-6-3-4-7-16(14)21/h3-4,6-7,11,17H,5,8-10H2,1-2H3,(H,22,23)/t17-/m0/s1. The first-order valence-corrected chi connectivity index (χ1v) is 9.05. The molecule has 1 aliphatic rings. The molecule has 3 heterocycles. The molecule has 3 aromatic rings. The predicted octanol–water partition coefficient (Wildman–Crippen LogP) is 3.73. The summed E-state index contributed by atoms with van der Waals surface area (Å²) in [5.41, 5.74) is 3.87.